The molecule has 2 unspecified atom stereocenters. The van der Waals surface area contributed by atoms with Gasteiger partial charge in [-0.2, -0.15) is 0 Å². The first kappa shape index (κ1) is 12.8. The van der Waals surface area contributed by atoms with Gasteiger partial charge in [0.15, 0.2) is 0 Å². The monoisotopic (exact) mass is 245 g/mol. The van der Waals surface area contributed by atoms with E-state index in [9.17, 15) is 0 Å². The van der Waals surface area contributed by atoms with E-state index < -0.39 is 0 Å². The number of hydrogen-bond acceptors (Lipinski definition) is 4. The van der Waals surface area contributed by atoms with E-state index in [0.29, 0.717) is 0 Å². The van der Waals surface area contributed by atoms with Gasteiger partial charge in [-0.1, -0.05) is 0 Å². The largest absolute Gasteiger partial charge is 0.472 e. The van der Waals surface area contributed by atoms with E-state index in [0.717, 1.165) is 12.1 Å². The van der Waals surface area contributed by atoms with Gasteiger partial charge in [0.05, 0.1) is 12.5 Å². The molecule has 0 aliphatic heterocycles. The number of furan rings is 1. The van der Waals surface area contributed by atoms with Crippen molar-refractivity contribution in [3.63, 3.8) is 0 Å². The van der Waals surface area contributed by atoms with Gasteiger partial charge < -0.3 is 10.2 Å². The Labute approximate surface area is 107 Å². The molecule has 96 valence electrons. The van der Waals surface area contributed by atoms with E-state index in [1.807, 2.05) is 25.1 Å². The smallest absolute Gasteiger partial charge is 0.0947 e. The van der Waals surface area contributed by atoms with Crippen molar-refractivity contribution in [2.75, 3.05) is 7.05 Å². The van der Waals surface area contributed by atoms with Crippen LogP contribution in [0.2, 0.25) is 0 Å². The number of nitrogens with two attached hydrogens (primary N) is 1. The maximum absolute atomic E-state index is 6.11. The molecule has 0 amide bonds. The van der Waals surface area contributed by atoms with Gasteiger partial charge in [-0.3, -0.25) is 9.88 Å². The molecular weight excluding hydrogens is 226 g/mol. The van der Waals surface area contributed by atoms with E-state index in [4.69, 9.17) is 10.2 Å². The lowest BCUT2D eigenvalue weighted by Gasteiger charge is -2.31. The zero-order valence-electron chi connectivity index (χ0n) is 10.8. The molecule has 2 heterocycles. The summed E-state index contributed by atoms with van der Waals surface area (Å²) in [5.74, 6) is 0. The van der Waals surface area contributed by atoms with Crippen molar-refractivity contribution in [2.24, 2.45) is 5.73 Å². The summed E-state index contributed by atoms with van der Waals surface area (Å²) in [6.07, 6.45) is 7.06. The van der Waals surface area contributed by atoms with Crippen LogP contribution >= 0.6 is 0 Å². The molecule has 0 bridgehead atoms. The number of aromatic nitrogens is 1. The quantitative estimate of drug-likeness (QED) is 0.877. The highest BCUT2D eigenvalue weighted by atomic mass is 16.3. The molecule has 4 nitrogen and oxygen atoms in total. The normalized spacial score (nSPS) is 14.7. The van der Waals surface area contributed by atoms with Gasteiger partial charge in [-0.25, -0.2) is 0 Å². The molecule has 2 N–H and O–H groups in total. The van der Waals surface area contributed by atoms with E-state index in [-0.39, 0.29) is 12.1 Å². The average molecular weight is 245 g/mol. The average Bonchev–Trinajstić information content (AvgIpc) is 2.83. The van der Waals surface area contributed by atoms with Crippen molar-refractivity contribution >= 4 is 0 Å². The topological polar surface area (TPSA) is 55.3 Å². The highest BCUT2D eigenvalue weighted by Gasteiger charge is 2.21. The van der Waals surface area contributed by atoms with E-state index >= 15 is 0 Å². The summed E-state index contributed by atoms with van der Waals surface area (Å²) in [5, 5.41) is 0. The molecule has 4 heteroatoms. The molecule has 0 fully saturated rings. The lowest BCUT2D eigenvalue weighted by molar-refractivity contribution is 0.210. The van der Waals surface area contributed by atoms with Gasteiger partial charge in [-0.05, 0) is 37.7 Å². The minimum Gasteiger partial charge on any atom is -0.472 e. The van der Waals surface area contributed by atoms with Crippen LogP contribution in [-0.4, -0.2) is 23.0 Å². The number of rotatable bonds is 5. The standard InChI is InChI=1S/C14H19N3O/c1-11(15)14(13-3-6-16-7-4-13)17(2)9-12-5-8-18-10-12/h3-8,10-11,14H,9,15H2,1-2H3. The third-order valence-electron chi connectivity index (χ3n) is 3.03. The van der Waals surface area contributed by atoms with Gasteiger partial charge in [0.25, 0.3) is 0 Å². The summed E-state index contributed by atoms with van der Waals surface area (Å²) in [6.45, 7) is 2.84. The second kappa shape index (κ2) is 5.80. The van der Waals surface area contributed by atoms with Crippen LogP contribution in [0.3, 0.4) is 0 Å². The van der Waals surface area contributed by atoms with Crippen molar-refractivity contribution in [3.05, 3.63) is 54.2 Å². The molecule has 18 heavy (non-hydrogen) atoms. The van der Waals surface area contributed by atoms with Crippen LogP contribution in [0.5, 0.6) is 0 Å². The minimum absolute atomic E-state index is 0.0456. The Kier molecular flexibility index (Phi) is 4.12. The Morgan fingerprint density at radius 1 is 1.33 bits per heavy atom. The molecule has 0 spiro atoms. The van der Waals surface area contributed by atoms with Crippen LogP contribution < -0.4 is 5.73 Å². The highest BCUT2D eigenvalue weighted by molar-refractivity contribution is 5.17. The van der Waals surface area contributed by atoms with Crippen LogP contribution in [0.15, 0.2) is 47.5 Å². The molecule has 0 radical (unpaired) electrons. The molecular formula is C14H19N3O. The summed E-state index contributed by atoms with van der Waals surface area (Å²) in [7, 11) is 2.07. The first-order chi connectivity index (χ1) is 8.68. The fourth-order valence-corrected chi connectivity index (χ4v) is 2.29. The van der Waals surface area contributed by atoms with Crippen molar-refractivity contribution in [1.29, 1.82) is 0 Å². The first-order valence-electron chi connectivity index (χ1n) is 6.05. The van der Waals surface area contributed by atoms with E-state index in [1.54, 1.807) is 24.9 Å². The van der Waals surface area contributed by atoms with Crippen molar-refractivity contribution in [3.8, 4) is 0 Å². The zero-order valence-corrected chi connectivity index (χ0v) is 10.8. The van der Waals surface area contributed by atoms with Gasteiger partial charge in [0, 0.05) is 36.6 Å². The van der Waals surface area contributed by atoms with E-state index in [2.05, 4.69) is 16.9 Å². The number of pyridine rings is 1. The molecule has 2 aromatic heterocycles. The van der Waals surface area contributed by atoms with Gasteiger partial charge in [0.1, 0.15) is 0 Å². The summed E-state index contributed by atoms with van der Waals surface area (Å²) in [4.78, 5) is 6.27. The van der Waals surface area contributed by atoms with Crippen LogP contribution in [0.25, 0.3) is 0 Å². The molecule has 2 aromatic rings. The predicted molar refractivity (Wildman–Crippen MR) is 70.8 cm³/mol. The fraction of sp³-hybridized carbons (Fsp3) is 0.357. The molecule has 0 aliphatic carbocycles. The summed E-state index contributed by atoms with van der Waals surface area (Å²) >= 11 is 0. The Balaban J connectivity index is 2.15. The number of nitrogens with zero attached hydrogens (tertiary/aromatic N) is 2. The SMILES string of the molecule is CC(N)C(c1ccncc1)N(C)Cc1ccoc1. The second-order valence-electron chi connectivity index (χ2n) is 4.63. The minimum atomic E-state index is 0.0456. The van der Waals surface area contributed by atoms with Gasteiger partial charge in [0.2, 0.25) is 0 Å². The maximum Gasteiger partial charge on any atom is 0.0947 e. The Hall–Kier alpha value is -1.65. The van der Waals surface area contributed by atoms with Crippen LogP contribution in [-0.2, 0) is 6.54 Å². The molecule has 0 aromatic carbocycles. The Bertz CT molecular complexity index is 453. The molecule has 0 saturated carbocycles. The van der Waals surface area contributed by atoms with E-state index in [1.165, 1.54) is 5.56 Å². The first-order valence-corrected chi connectivity index (χ1v) is 6.05. The number of likely N-dealkylation sites (N-methyl/N-ethyl adjacent to an activating group) is 1. The van der Waals surface area contributed by atoms with Gasteiger partial charge in [-0.15, -0.1) is 0 Å². The summed E-state index contributed by atoms with van der Waals surface area (Å²) < 4.78 is 5.09. The van der Waals surface area contributed by atoms with Crippen LogP contribution in [0, 0.1) is 0 Å². The molecule has 2 atom stereocenters. The summed E-state index contributed by atoms with van der Waals surface area (Å²) in [6, 6.07) is 6.22. The molecule has 2 rings (SSSR count). The lowest BCUT2D eigenvalue weighted by atomic mass is 10.0. The summed E-state index contributed by atoms with van der Waals surface area (Å²) in [5.41, 5.74) is 8.45. The second-order valence-corrected chi connectivity index (χ2v) is 4.63. The third kappa shape index (κ3) is 2.97. The third-order valence-corrected chi connectivity index (χ3v) is 3.03. The molecule has 0 aliphatic rings. The highest BCUT2D eigenvalue weighted by Crippen LogP contribution is 2.23. The Morgan fingerprint density at radius 3 is 2.61 bits per heavy atom. The zero-order chi connectivity index (χ0) is 13.0. The van der Waals surface area contributed by atoms with Gasteiger partial charge >= 0.3 is 0 Å². The van der Waals surface area contributed by atoms with Crippen LogP contribution in [0.1, 0.15) is 24.1 Å². The maximum atomic E-state index is 6.11. The Morgan fingerprint density at radius 2 is 2.06 bits per heavy atom. The fourth-order valence-electron chi connectivity index (χ4n) is 2.29. The van der Waals surface area contributed by atoms with Crippen molar-refractivity contribution in [2.45, 2.75) is 25.6 Å². The van der Waals surface area contributed by atoms with Crippen LogP contribution in [0.4, 0.5) is 0 Å². The van der Waals surface area contributed by atoms with Crippen molar-refractivity contribution < 1.29 is 4.42 Å². The number of hydrogen-bond donors (Lipinski definition) is 1. The lowest BCUT2D eigenvalue weighted by Crippen LogP contribution is -2.36. The van der Waals surface area contributed by atoms with Crippen molar-refractivity contribution in [1.82, 2.24) is 9.88 Å². The molecule has 0 saturated heterocycles. The predicted octanol–water partition coefficient (Wildman–Crippen LogP) is 2.19.